The van der Waals surface area contributed by atoms with Crippen LogP contribution < -0.4 is 5.32 Å². The van der Waals surface area contributed by atoms with Gasteiger partial charge >= 0.3 is 5.97 Å². The first-order valence-corrected chi connectivity index (χ1v) is 9.26. The van der Waals surface area contributed by atoms with Crippen LogP contribution in [0.2, 0.25) is 0 Å². The Kier molecular flexibility index (Phi) is 7.65. The number of nitro groups is 1. The summed E-state index contributed by atoms with van der Waals surface area (Å²) in [4.78, 5) is 32.9. The average Bonchev–Trinajstić information content (AvgIpc) is 2.58. The zero-order chi connectivity index (χ0) is 19.9. The molecule has 0 unspecified atom stereocenters. The Balaban J connectivity index is 2.86. The van der Waals surface area contributed by atoms with Crippen molar-refractivity contribution in [3.8, 4) is 0 Å². The Morgan fingerprint density at radius 1 is 1.38 bits per heavy atom. The van der Waals surface area contributed by atoms with Gasteiger partial charge in [-0.25, -0.2) is 13.2 Å². The molecule has 0 aromatic heterocycles. The smallest absolute Gasteiger partial charge is 0.326 e. The van der Waals surface area contributed by atoms with Gasteiger partial charge in [-0.15, -0.1) is 0 Å². The van der Waals surface area contributed by atoms with Gasteiger partial charge in [0.2, 0.25) is 15.9 Å². The SMILES string of the molecule is CCCC[C@H](NC(=O)CN(C)S(=O)(=O)c1cccc([N+](=O)[O-])c1)C(=O)O. The maximum absolute atomic E-state index is 12.4. The highest BCUT2D eigenvalue weighted by atomic mass is 32.2. The van der Waals surface area contributed by atoms with Crippen molar-refractivity contribution in [3.63, 3.8) is 0 Å². The van der Waals surface area contributed by atoms with E-state index in [-0.39, 0.29) is 11.3 Å². The molecule has 0 saturated carbocycles. The molecular formula is C15H21N3O7S. The minimum Gasteiger partial charge on any atom is -0.480 e. The highest BCUT2D eigenvalue weighted by Crippen LogP contribution is 2.20. The fourth-order valence-corrected chi connectivity index (χ4v) is 3.30. The molecule has 0 spiro atoms. The lowest BCUT2D eigenvalue weighted by molar-refractivity contribution is -0.385. The number of hydrogen-bond acceptors (Lipinski definition) is 6. The van der Waals surface area contributed by atoms with Crippen LogP contribution in [0.3, 0.4) is 0 Å². The number of nitro benzene ring substituents is 1. The van der Waals surface area contributed by atoms with Gasteiger partial charge in [0.25, 0.3) is 5.69 Å². The van der Waals surface area contributed by atoms with Crippen LogP contribution in [0.5, 0.6) is 0 Å². The van der Waals surface area contributed by atoms with Gasteiger partial charge in [-0.2, -0.15) is 4.31 Å². The predicted octanol–water partition coefficient (Wildman–Crippen LogP) is 0.975. The van der Waals surface area contributed by atoms with Crippen molar-refractivity contribution in [2.24, 2.45) is 0 Å². The fraction of sp³-hybridized carbons (Fsp3) is 0.467. The van der Waals surface area contributed by atoms with Gasteiger partial charge in [-0.1, -0.05) is 25.8 Å². The van der Waals surface area contributed by atoms with E-state index >= 15 is 0 Å². The first-order chi connectivity index (χ1) is 12.1. The van der Waals surface area contributed by atoms with Gasteiger partial charge in [-0.05, 0) is 12.5 Å². The Bertz CT molecular complexity index is 779. The highest BCUT2D eigenvalue weighted by Gasteiger charge is 2.26. The number of benzene rings is 1. The number of amides is 1. The zero-order valence-corrected chi connectivity index (χ0v) is 15.2. The molecule has 0 bridgehead atoms. The second kappa shape index (κ2) is 9.25. The van der Waals surface area contributed by atoms with Crippen LogP contribution >= 0.6 is 0 Å². The van der Waals surface area contributed by atoms with Crippen LogP contribution in [0.1, 0.15) is 26.2 Å². The third kappa shape index (κ3) is 5.77. The summed E-state index contributed by atoms with van der Waals surface area (Å²) in [7, 11) is -3.01. The molecule has 10 nitrogen and oxygen atoms in total. The molecule has 0 heterocycles. The topological polar surface area (TPSA) is 147 Å². The predicted molar refractivity (Wildman–Crippen MR) is 92.0 cm³/mol. The molecule has 2 N–H and O–H groups in total. The molecule has 1 aromatic rings. The molecule has 0 aliphatic heterocycles. The maximum atomic E-state index is 12.4. The first-order valence-electron chi connectivity index (χ1n) is 7.82. The average molecular weight is 387 g/mol. The van der Waals surface area contributed by atoms with Crippen molar-refractivity contribution >= 4 is 27.6 Å². The van der Waals surface area contributed by atoms with Crippen molar-refractivity contribution in [3.05, 3.63) is 34.4 Å². The minimum atomic E-state index is -4.14. The maximum Gasteiger partial charge on any atom is 0.326 e. The van der Waals surface area contributed by atoms with Gasteiger partial charge in [0, 0.05) is 19.2 Å². The number of nitrogens with one attached hydrogen (secondary N) is 1. The summed E-state index contributed by atoms with van der Waals surface area (Å²) in [5, 5.41) is 22.2. The van der Waals surface area contributed by atoms with Gasteiger partial charge in [-0.3, -0.25) is 14.9 Å². The number of aliphatic carboxylic acids is 1. The summed E-state index contributed by atoms with van der Waals surface area (Å²) >= 11 is 0. The van der Waals surface area contributed by atoms with Gasteiger partial charge < -0.3 is 10.4 Å². The van der Waals surface area contributed by atoms with Gasteiger partial charge in [0.15, 0.2) is 0 Å². The highest BCUT2D eigenvalue weighted by molar-refractivity contribution is 7.89. The van der Waals surface area contributed by atoms with Gasteiger partial charge in [0.1, 0.15) is 6.04 Å². The Hall–Kier alpha value is -2.53. The third-order valence-corrected chi connectivity index (χ3v) is 5.38. The summed E-state index contributed by atoms with van der Waals surface area (Å²) in [5.74, 6) is -1.97. The molecule has 26 heavy (non-hydrogen) atoms. The van der Waals surface area contributed by atoms with E-state index in [2.05, 4.69) is 5.32 Å². The Morgan fingerprint density at radius 3 is 2.58 bits per heavy atom. The zero-order valence-electron chi connectivity index (χ0n) is 14.4. The normalized spacial score (nSPS) is 12.6. The second-order valence-electron chi connectivity index (χ2n) is 5.62. The van der Waals surface area contributed by atoms with Crippen LogP contribution in [-0.4, -0.2) is 54.3 Å². The molecule has 0 fully saturated rings. The molecular weight excluding hydrogens is 366 g/mol. The quantitative estimate of drug-likeness (QED) is 0.449. The summed E-state index contributed by atoms with van der Waals surface area (Å²) in [6.07, 6.45) is 1.58. The number of non-ortho nitro benzene ring substituents is 1. The molecule has 0 aliphatic carbocycles. The van der Waals surface area contributed by atoms with Crippen molar-refractivity contribution in [1.29, 1.82) is 0 Å². The molecule has 0 radical (unpaired) electrons. The molecule has 1 atom stereocenters. The number of hydrogen-bond donors (Lipinski definition) is 2. The summed E-state index contributed by atoms with van der Waals surface area (Å²) in [6, 6.07) is 3.35. The molecule has 0 saturated heterocycles. The van der Waals surface area contributed by atoms with Crippen LogP contribution in [0.15, 0.2) is 29.2 Å². The summed E-state index contributed by atoms with van der Waals surface area (Å²) in [6.45, 7) is 1.26. The first kappa shape index (κ1) is 21.5. The molecule has 144 valence electrons. The van der Waals surface area contributed by atoms with E-state index in [4.69, 9.17) is 5.11 Å². The lowest BCUT2D eigenvalue weighted by Gasteiger charge is -2.19. The number of sulfonamides is 1. The summed E-state index contributed by atoms with van der Waals surface area (Å²) in [5.41, 5.74) is -0.394. The number of carboxylic acid groups (broad SMARTS) is 1. The number of carbonyl (C=O) groups excluding carboxylic acids is 1. The lowest BCUT2D eigenvalue weighted by atomic mass is 10.1. The van der Waals surface area contributed by atoms with Crippen LogP contribution in [0.4, 0.5) is 5.69 Å². The largest absolute Gasteiger partial charge is 0.480 e. The number of nitrogens with zero attached hydrogens (tertiary/aromatic N) is 2. The fourth-order valence-electron chi connectivity index (χ4n) is 2.13. The van der Waals surface area contributed by atoms with Crippen molar-refractivity contribution in [2.45, 2.75) is 37.1 Å². The van der Waals surface area contributed by atoms with E-state index in [1.54, 1.807) is 0 Å². The van der Waals surface area contributed by atoms with Crippen LogP contribution in [-0.2, 0) is 19.6 Å². The van der Waals surface area contributed by atoms with Gasteiger partial charge in [0.05, 0.1) is 16.4 Å². The summed E-state index contributed by atoms with van der Waals surface area (Å²) < 4.78 is 25.6. The van der Waals surface area contributed by atoms with Crippen molar-refractivity contribution in [1.82, 2.24) is 9.62 Å². The minimum absolute atomic E-state index is 0.235. The van der Waals surface area contributed by atoms with E-state index in [1.807, 2.05) is 6.92 Å². The molecule has 1 rings (SSSR count). The molecule has 1 aromatic carbocycles. The lowest BCUT2D eigenvalue weighted by Crippen LogP contribution is -2.45. The van der Waals surface area contributed by atoms with E-state index in [1.165, 1.54) is 12.1 Å². The number of carbonyl (C=O) groups is 2. The number of unbranched alkanes of at least 4 members (excludes halogenated alkanes) is 1. The molecule has 11 heteroatoms. The Labute approximate surface area is 151 Å². The monoisotopic (exact) mass is 387 g/mol. The molecule has 1 amide bonds. The number of rotatable bonds is 10. The van der Waals surface area contributed by atoms with Crippen LogP contribution in [0, 0.1) is 10.1 Å². The molecule has 0 aliphatic rings. The number of likely N-dealkylation sites (N-methyl/N-ethyl adjacent to an activating group) is 1. The number of carboxylic acids is 1. The standard InChI is InChI=1S/C15H21N3O7S/c1-3-4-8-13(15(20)21)16-14(19)10-17(2)26(24,25)12-7-5-6-11(9-12)18(22)23/h5-7,9,13H,3-4,8,10H2,1-2H3,(H,16,19)(H,20,21)/t13-/m0/s1. The van der Waals surface area contributed by atoms with E-state index < -0.39 is 45.1 Å². The second-order valence-corrected chi connectivity index (χ2v) is 7.66. The van der Waals surface area contributed by atoms with Crippen molar-refractivity contribution in [2.75, 3.05) is 13.6 Å². The Morgan fingerprint density at radius 2 is 2.04 bits per heavy atom. The van der Waals surface area contributed by atoms with E-state index in [0.717, 1.165) is 25.6 Å². The third-order valence-electron chi connectivity index (χ3n) is 3.58. The van der Waals surface area contributed by atoms with Crippen molar-refractivity contribution < 1.29 is 28.0 Å². The van der Waals surface area contributed by atoms with E-state index in [9.17, 15) is 28.1 Å². The van der Waals surface area contributed by atoms with E-state index in [0.29, 0.717) is 10.7 Å². The van der Waals surface area contributed by atoms with Crippen LogP contribution in [0.25, 0.3) is 0 Å².